The van der Waals surface area contributed by atoms with Gasteiger partial charge in [-0.25, -0.2) is 9.97 Å². The van der Waals surface area contributed by atoms with Gasteiger partial charge in [0.1, 0.15) is 16.5 Å². The Kier molecular flexibility index (Phi) is 4.03. The van der Waals surface area contributed by atoms with Crippen LogP contribution >= 0.6 is 11.3 Å². The zero-order valence-corrected chi connectivity index (χ0v) is 13.3. The summed E-state index contributed by atoms with van der Waals surface area (Å²) in [6, 6.07) is 11.9. The van der Waals surface area contributed by atoms with E-state index in [9.17, 15) is 0 Å². The molecule has 0 aliphatic carbocycles. The second-order valence-electron chi connectivity index (χ2n) is 5.08. The third-order valence-electron chi connectivity index (χ3n) is 3.56. The first kappa shape index (κ1) is 14.5. The predicted molar refractivity (Wildman–Crippen MR) is 90.0 cm³/mol. The molecule has 1 atom stereocenters. The molecular formula is C17H16N4S. The Morgan fingerprint density at radius 1 is 1.32 bits per heavy atom. The van der Waals surface area contributed by atoms with Gasteiger partial charge in [0.15, 0.2) is 0 Å². The van der Waals surface area contributed by atoms with E-state index in [4.69, 9.17) is 5.26 Å². The average molecular weight is 308 g/mol. The van der Waals surface area contributed by atoms with E-state index < -0.39 is 0 Å². The van der Waals surface area contributed by atoms with E-state index in [1.165, 1.54) is 0 Å². The van der Waals surface area contributed by atoms with Crippen LogP contribution in [0.5, 0.6) is 0 Å². The first-order valence-corrected chi connectivity index (χ1v) is 8.10. The number of anilines is 1. The number of thiophene rings is 1. The molecule has 1 unspecified atom stereocenters. The molecule has 0 aliphatic rings. The van der Waals surface area contributed by atoms with Gasteiger partial charge in [-0.15, -0.1) is 11.3 Å². The fourth-order valence-electron chi connectivity index (χ4n) is 2.33. The maximum atomic E-state index is 9.03. The molecule has 5 heteroatoms. The van der Waals surface area contributed by atoms with Crippen molar-refractivity contribution < 1.29 is 0 Å². The van der Waals surface area contributed by atoms with Crippen LogP contribution in [0.1, 0.15) is 36.8 Å². The van der Waals surface area contributed by atoms with Crippen LogP contribution in [0.3, 0.4) is 0 Å². The molecule has 0 spiro atoms. The molecule has 4 nitrogen and oxygen atoms in total. The van der Waals surface area contributed by atoms with E-state index in [0.29, 0.717) is 5.56 Å². The molecule has 2 heterocycles. The van der Waals surface area contributed by atoms with Gasteiger partial charge < -0.3 is 5.32 Å². The first-order chi connectivity index (χ1) is 10.7. The lowest BCUT2D eigenvalue weighted by molar-refractivity contribution is 0.864. The van der Waals surface area contributed by atoms with Crippen molar-refractivity contribution >= 4 is 27.4 Å². The van der Waals surface area contributed by atoms with Crippen LogP contribution in [0.25, 0.3) is 10.2 Å². The van der Waals surface area contributed by atoms with Gasteiger partial charge in [0.25, 0.3) is 0 Å². The number of nitriles is 1. The lowest BCUT2D eigenvalue weighted by Gasteiger charge is -2.16. The molecule has 0 saturated heterocycles. The molecule has 1 aromatic carbocycles. The highest BCUT2D eigenvalue weighted by Crippen LogP contribution is 2.28. The van der Waals surface area contributed by atoms with Gasteiger partial charge in [0.05, 0.1) is 23.1 Å². The van der Waals surface area contributed by atoms with E-state index in [1.807, 2.05) is 35.7 Å². The highest BCUT2D eigenvalue weighted by molar-refractivity contribution is 7.16. The minimum atomic E-state index is 0.0657. The van der Waals surface area contributed by atoms with Crippen LogP contribution in [0, 0.1) is 11.3 Å². The molecule has 1 N–H and O–H groups in total. The third kappa shape index (κ3) is 2.78. The molecule has 0 saturated carbocycles. The number of hydrogen-bond donors (Lipinski definition) is 1. The van der Waals surface area contributed by atoms with Crippen molar-refractivity contribution in [2.24, 2.45) is 0 Å². The van der Waals surface area contributed by atoms with Crippen LogP contribution in [-0.2, 0) is 6.42 Å². The summed E-state index contributed by atoms with van der Waals surface area (Å²) in [6.07, 6.45) is 0.806. The highest BCUT2D eigenvalue weighted by atomic mass is 32.1. The van der Waals surface area contributed by atoms with Crippen molar-refractivity contribution in [1.29, 1.82) is 5.26 Å². The fourth-order valence-corrected chi connectivity index (χ4v) is 3.12. The quantitative estimate of drug-likeness (QED) is 0.780. The number of fused-ring (bicyclic) bond motifs is 1. The normalized spacial score (nSPS) is 12.0. The second kappa shape index (κ2) is 6.12. The monoisotopic (exact) mass is 308 g/mol. The molecule has 110 valence electrons. The number of rotatable bonds is 4. The van der Waals surface area contributed by atoms with E-state index in [0.717, 1.165) is 33.8 Å². The molecule has 2 aromatic heterocycles. The lowest BCUT2D eigenvalue weighted by Crippen LogP contribution is -2.09. The number of nitrogens with one attached hydrogen (secondary N) is 1. The molecule has 22 heavy (non-hydrogen) atoms. The summed E-state index contributed by atoms with van der Waals surface area (Å²) in [4.78, 5) is 10.2. The Morgan fingerprint density at radius 2 is 2.18 bits per heavy atom. The number of nitrogens with zero attached hydrogens (tertiary/aromatic N) is 3. The zero-order valence-electron chi connectivity index (χ0n) is 12.5. The Hall–Kier alpha value is -2.45. The highest BCUT2D eigenvalue weighted by Gasteiger charge is 2.12. The minimum Gasteiger partial charge on any atom is -0.363 e. The van der Waals surface area contributed by atoms with Crippen LogP contribution < -0.4 is 5.32 Å². The van der Waals surface area contributed by atoms with Crippen molar-refractivity contribution in [2.45, 2.75) is 26.3 Å². The fraction of sp³-hybridized carbons (Fsp3) is 0.235. The lowest BCUT2D eigenvalue weighted by atomic mass is 10.1. The van der Waals surface area contributed by atoms with Crippen molar-refractivity contribution in [3.63, 3.8) is 0 Å². The molecule has 0 fully saturated rings. The van der Waals surface area contributed by atoms with E-state index in [-0.39, 0.29) is 6.04 Å². The number of aryl methyl sites for hydroxylation is 1. The van der Waals surface area contributed by atoms with E-state index in [1.54, 1.807) is 11.3 Å². The molecule has 0 radical (unpaired) electrons. The maximum Gasteiger partial charge on any atom is 0.138 e. The summed E-state index contributed by atoms with van der Waals surface area (Å²) in [6.45, 7) is 4.13. The molecule has 3 aromatic rings. The number of hydrogen-bond acceptors (Lipinski definition) is 5. The average Bonchev–Trinajstić information content (AvgIpc) is 3.03. The second-order valence-corrected chi connectivity index (χ2v) is 5.98. The van der Waals surface area contributed by atoms with Crippen molar-refractivity contribution in [2.75, 3.05) is 5.32 Å². The molecule has 3 rings (SSSR count). The van der Waals surface area contributed by atoms with Crippen LogP contribution in [0.15, 0.2) is 35.7 Å². The smallest absolute Gasteiger partial charge is 0.138 e. The minimum absolute atomic E-state index is 0.0657. The summed E-state index contributed by atoms with van der Waals surface area (Å²) in [7, 11) is 0. The van der Waals surface area contributed by atoms with Gasteiger partial charge >= 0.3 is 0 Å². The number of aromatic nitrogens is 2. The predicted octanol–water partition coefficient (Wildman–Crippen LogP) is 4.30. The van der Waals surface area contributed by atoms with Gasteiger partial charge in [-0.3, -0.25) is 0 Å². The number of benzene rings is 1. The van der Waals surface area contributed by atoms with Crippen LogP contribution in [-0.4, -0.2) is 9.97 Å². The van der Waals surface area contributed by atoms with Crippen molar-refractivity contribution in [1.82, 2.24) is 9.97 Å². The van der Waals surface area contributed by atoms with Gasteiger partial charge in [0, 0.05) is 6.42 Å². The standard InChI is InChI=1S/C17H16N4S/c1-3-15-20-16(14-7-8-22-17(14)21-15)19-11(2)13-6-4-5-12(9-13)10-18/h4-9,11H,3H2,1-2H3,(H,19,20,21). The summed E-state index contributed by atoms with van der Waals surface area (Å²) < 4.78 is 0. The Labute approximate surface area is 133 Å². The molecular weight excluding hydrogens is 292 g/mol. The van der Waals surface area contributed by atoms with Gasteiger partial charge in [-0.2, -0.15) is 5.26 Å². The SMILES string of the molecule is CCc1nc(NC(C)c2cccc(C#N)c2)c2ccsc2n1. The van der Waals surface area contributed by atoms with E-state index in [2.05, 4.69) is 35.2 Å². The Morgan fingerprint density at radius 3 is 2.95 bits per heavy atom. The van der Waals surface area contributed by atoms with Crippen LogP contribution in [0.2, 0.25) is 0 Å². The van der Waals surface area contributed by atoms with Crippen molar-refractivity contribution in [3.05, 3.63) is 52.7 Å². The summed E-state index contributed by atoms with van der Waals surface area (Å²) in [5.74, 6) is 1.70. The summed E-state index contributed by atoms with van der Waals surface area (Å²) in [5, 5.41) is 15.6. The Balaban J connectivity index is 1.95. The van der Waals surface area contributed by atoms with Gasteiger partial charge in [-0.1, -0.05) is 19.1 Å². The Bertz CT molecular complexity index is 847. The summed E-state index contributed by atoms with van der Waals surface area (Å²) in [5.41, 5.74) is 1.74. The van der Waals surface area contributed by atoms with Crippen LogP contribution in [0.4, 0.5) is 5.82 Å². The summed E-state index contributed by atoms with van der Waals surface area (Å²) >= 11 is 1.63. The van der Waals surface area contributed by atoms with Gasteiger partial charge in [0.2, 0.25) is 0 Å². The molecule has 0 amide bonds. The topological polar surface area (TPSA) is 61.6 Å². The molecule has 0 bridgehead atoms. The van der Waals surface area contributed by atoms with E-state index >= 15 is 0 Å². The maximum absolute atomic E-state index is 9.03. The first-order valence-electron chi connectivity index (χ1n) is 7.22. The van der Waals surface area contributed by atoms with Crippen molar-refractivity contribution in [3.8, 4) is 6.07 Å². The third-order valence-corrected chi connectivity index (χ3v) is 4.36. The van der Waals surface area contributed by atoms with Gasteiger partial charge in [-0.05, 0) is 36.1 Å². The zero-order chi connectivity index (χ0) is 15.5. The molecule has 0 aliphatic heterocycles. The largest absolute Gasteiger partial charge is 0.363 e.